The van der Waals surface area contributed by atoms with Crippen LogP contribution in [-0.4, -0.2) is 37.5 Å². The van der Waals surface area contributed by atoms with E-state index in [1.165, 1.54) is 450 Å². The van der Waals surface area contributed by atoms with Gasteiger partial charge in [0, 0.05) is 7.11 Å². The van der Waals surface area contributed by atoms with Crippen LogP contribution in [0.1, 0.15) is 496 Å². The summed E-state index contributed by atoms with van der Waals surface area (Å²) in [7, 11) is 3.47. The number of esters is 1. The van der Waals surface area contributed by atoms with Gasteiger partial charge in [-0.3, -0.25) is 4.79 Å². The third-order valence-corrected chi connectivity index (χ3v) is 22.2. The molecule has 0 aromatic carbocycles. The maximum Gasteiger partial charge on any atom is 0.311 e. The zero-order valence-electron chi connectivity index (χ0n) is 63.0. The molecule has 6 unspecified atom stereocenters. The van der Waals surface area contributed by atoms with Gasteiger partial charge >= 0.3 is 5.97 Å². The summed E-state index contributed by atoms with van der Waals surface area (Å²) in [5, 5.41) is 10.9. The molecule has 0 spiro atoms. The molecule has 1 aliphatic carbocycles. The van der Waals surface area contributed by atoms with Gasteiger partial charge in [0.25, 0.3) is 0 Å². The Kier molecular flexibility index (Phi) is 70.6. The second-order valence-corrected chi connectivity index (χ2v) is 30.9. The van der Waals surface area contributed by atoms with Crippen LogP contribution >= 0.6 is 0 Å². The molecule has 0 saturated heterocycles. The first-order chi connectivity index (χ1) is 44.5. The Balaban J connectivity index is 1.77. The zero-order valence-corrected chi connectivity index (χ0v) is 63.0. The Morgan fingerprint density at radius 3 is 0.756 bits per heavy atom. The summed E-state index contributed by atoms with van der Waals surface area (Å²) in [5.74, 6) is 1.99. The molecular weight excluding hydrogens is 1100 g/mol. The van der Waals surface area contributed by atoms with Gasteiger partial charge in [-0.25, -0.2) is 0 Å². The van der Waals surface area contributed by atoms with Gasteiger partial charge in [-0.2, -0.15) is 0 Å². The first-order valence-electron chi connectivity index (χ1n) is 42.8. The molecule has 1 N–H and O–H groups in total. The van der Waals surface area contributed by atoms with E-state index in [1.54, 1.807) is 0 Å². The fourth-order valence-electron chi connectivity index (χ4n) is 15.7. The number of carbonyl (C=O) groups is 1. The zero-order chi connectivity index (χ0) is 64.8. The van der Waals surface area contributed by atoms with Gasteiger partial charge in [0.05, 0.1) is 25.2 Å². The molecule has 0 aliphatic heterocycles. The average molecular weight is 1270 g/mol. The molecule has 90 heavy (non-hydrogen) atoms. The fourth-order valence-corrected chi connectivity index (χ4v) is 15.7. The Labute approximate surface area is 568 Å². The predicted octanol–water partition coefficient (Wildman–Crippen LogP) is 29.9. The van der Waals surface area contributed by atoms with E-state index in [-0.39, 0.29) is 11.9 Å². The number of hydrogen-bond acceptors (Lipinski definition) is 4. The molecule has 1 saturated carbocycles. The highest BCUT2D eigenvalue weighted by Crippen LogP contribution is 2.48. The van der Waals surface area contributed by atoms with Crippen LogP contribution in [0.2, 0.25) is 0 Å². The van der Waals surface area contributed by atoms with Crippen molar-refractivity contribution in [3.63, 3.8) is 0 Å². The van der Waals surface area contributed by atoms with Crippen molar-refractivity contribution in [3.8, 4) is 0 Å². The molecule has 0 bridgehead atoms. The topological polar surface area (TPSA) is 55.8 Å². The van der Waals surface area contributed by atoms with Crippen molar-refractivity contribution in [2.24, 2.45) is 23.7 Å². The highest BCUT2D eigenvalue weighted by Gasteiger charge is 2.44. The van der Waals surface area contributed by atoms with E-state index < -0.39 is 6.10 Å². The molecule has 1 fully saturated rings. The number of methoxy groups -OCH3 is 2. The smallest absolute Gasteiger partial charge is 0.311 e. The molecule has 4 heteroatoms. The molecule has 0 aromatic heterocycles. The van der Waals surface area contributed by atoms with E-state index >= 15 is 0 Å². The average Bonchev–Trinajstić information content (AvgIpc) is 1.75. The van der Waals surface area contributed by atoms with Gasteiger partial charge in [0.15, 0.2) is 0 Å². The van der Waals surface area contributed by atoms with Crippen LogP contribution in [0.3, 0.4) is 0 Å². The molecule has 1 rings (SSSR count). The highest BCUT2D eigenvalue weighted by molar-refractivity contribution is 5.72. The Hall–Kier alpha value is -0.610. The summed E-state index contributed by atoms with van der Waals surface area (Å²) >= 11 is 0. The van der Waals surface area contributed by atoms with Crippen molar-refractivity contribution < 1.29 is 19.4 Å². The van der Waals surface area contributed by atoms with Crippen LogP contribution in [0.5, 0.6) is 0 Å². The van der Waals surface area contributed by atoms with E-state index in [0.717, 1.165) is 49.9 Å². The lowest BCUT2D eigenvalue weighted by Gasteiger charge is -2.23. The molecule has 0 aromatic rings. The van der Waals surface area contributed by atoms with Crippen molar-refractivity contribution in [1.82, 2.24) is 0 Å². The van der Waals surface area contributed by atoms with E-state index in [4.69, 9.17) is 9.47 Å². The van der Waals surface area contributed by atoms with Gasteiger partial charge in [-0.05, 0) is 43.4 Å². The Morgan fingerprint density at radius 1 is 0.311 bits per heavy atom. The maximum absolute atomic E-state index is 12.6. The summed E-state index contributed by atoms with van der Waals surface area (Å²) in [6.45, 7) is 7.10. The first kappa shape index (κ1) is 87.4. The van der Waals surface area contributed by atoms with Crippen LogP contribution in [0, 0.1) is 23.7 Å². The lowest BCUT2D eigenvalue weighted by Crippen LogP contribution is -2.29. The fraction of sp³-hybridized carbons (Fsp3) is 0.988. The van der Waals surface area contributed by atoms with Gasteiger partial charge in [0.2, 0.25) is 0 Å². The predicted molar refractivity (Wildman–Crippen MR) is 401 cm³/mol. The molecule has 0 amide bonds. The first-order valence-corrected chi connectivity index (χ1v) is 42.8. The molecule has 0 radical (unpaired) electrons. The third kappa shape index (κ3) is 61.0. The van der Waals surface area contributed by atoms with Crippen molar-refractivity contribution in [2.75, 3.05) is 14.2 Å². The van der Waals surface area contributed by atoms with Gasteiger partial charge in [-0.15, -0.1) is 0 Å². The molecule has 0 heterocycles. The Bertz CT molecular complexity index is 1350. The van der Waals surface area contributed by atoms with Gasteiger partial charge in [0.1, 0.15) is 0 Å². The van der Waals surface area contributed by atoms with Crippen molar-refractivity contribution in [2.45, 2.75) is 508 Å². The van der Waals surface area contributed by atoms with E-state index in [9.17, 15) is 9.90 Å². The standard InChI is InChI=1S/C86H170O4/c1-6-8-10-12-14-16-18-20-22-24-25-26-39-42-45-49-53-57-61-65-69-73-77-82(86(88)90-5)84(87)78-74-70-66-62-58-54-50-46-43-40-37-35-33-31-29-27-28-30-32-34-36-38-41-44-48-52-56-60-64-68-72-76-81-79-83(81)85(89-4)80(3)75-71-67-63-59-55-51-47-23-21-19-17-15-13-11-9-7-2/h80-85,87H,6-79H2,1-5H3. The van der Waals surface area contributed by atoms with Crippen molar-refractivity contribution in [1.29, 1.82) is 0 Å². The number of carbonyl (C=O) groups excluding carboxylic acids is 1. The van der Waals surface area contributed by atoms with Crippen molar-refractivity contribution >= 4 is 5.97 Å². The SMILES string of the molecule is CCCCCCCCCCCCCCCCCCCCCCCCC(C(=O)OC)C(O)CCCCCCCCCCCCCCCCCCCCCCCCCCCCCCCCCC1CC1C(OC)C(C)CCCCCCCCCCCCCCCCCC. The number of aliphatic hydroxyl groups excluding tert-OH is 1. The van der Waals surface area contributed by atoms with E-state index in [0.29, 0.717) is 6.10 Å². The quantitative estimate of drug-likeness (QED) is 0.0487. The number of aliphatic hydroxyl groups is 1. The number of hydrogen-bond donors (Lipinski definition) is 1. The number of unbranched alkanes of at least 4 members (excludes halogenated alkanes) is 66. The molecule has 1 aliphatic rings. The summed E-state index contributed by atoms with van der Waals surface area (Å²) in [6.07, 6.45) is 103. The maximum atomic E-state index is 12.6. The summed E-state index contributed by atoms with van der Waals surface area (Å²) in [5.41, 5.74) is 0. The number of rotatable bonds is 79. The largest absolute Gasteiger partial charge is 0.469 e. The third-order valence-electron chi connectivity index (χ3n) is 22.2. The van der Waals surface area contributed by atoms with Crippen molar-refractivity contribution in [3.05, 3.63) is 0 Å². The van der Waals surface area contributed by atoms with Crippen LogP contribution in [-0.2, 0) is 14.3 Å². The minimum absolute atomic E-state index is 0.210. The van der Waals surface area contributed by atoms with Gasteiger partial charge in [-0.1, -0.05) is 470 Å². The normalized spacial score (nSPS) is 15.4. The van der Waals surface area contributed by atoms with Crippen LogP contribution in [0.25, 0.3) is 0 Å². The summed E-state index contributed by atoms with van der Waals surface area (Å²) in [6, 6.07) is 0. The molecular formula is C86H170O4. The lowest BCUT2D eigenvalue weighted by molar-refractivity contribution is -0.150. The van der Waals surface area contributed by atoms with Crippen LogP contribution in [0.15, 0.2) is 0 Å². The second-order valence-electron chi connectivity index (χ2n) is 30.9. The van der Waals surface area contributed by atoms with E-state index in [1.807, 2.05) is 7.11 Å². The van der Waals surface area contributed by atoms with E-state index in [2.05, 4.69) is 20.8 Å². The lowest BCUT2D eigenvalue weighted by atomic mass is 9.91. The number of ether oxygens (including phenoxy) is 2. The van der Waals surface area contributed by atoms with Crippen LogP contribution in [0.4, 0.5) is 0 Å². The molecule has 4 nitrogen and oxygen atoms in total. The van der Waals surface area contributed by atoms with Crippen LogP contribution < -0.4 is 0 Å². The van der Waals surface area contributed by atoms with Gasteiger partial charge < -0.3 is 14.6 Å². The monoisotopic (exact) mass is 1270 g/mol. The second kappa shape index (κ2) is 72.7. The minimum atomic E-state index is -0.554. The molecule has 6 atom stereocenters. The Morgan fingerprint density at radius 2 is 0.522 bits per heavy atom. The minimum Gasteiger partial charge on any atom is -0.469 e. The molecule has 538 valence electrons. The highest BCUT2D eigenvalue weighted by atomic mass is 16.5. The summed E-state index contributed by atoms with van der Waals surface area (Å²) in [4.78, 5) is 12.6. The summed E-state index contributed by atoms with van der Waals surface area (Å²) < 4.78 is 11.3.